The molecule has 0 bridgehead atoms. The lowest BCUT2D eigenvalue weighted by molar-refractivity contribution is -0.135. The van der Waals surface area contributed by atoms with Gasteiger partial charge in [-0.15, -0.1) is 0 Å². The Morgan fingerprint density at radius 3 is 2.74 bits per heavy atom. The van der Waals surface area contributed by atoms with E-state index in [1.165, 1.54) is 6.26 Å². The highest BCUT2D eigenvalue weighted by molar-refractivity contribution is 6.15. The summed E-state index contributed by atoms with van der Waals surface area (Å²) in [5.74, 6) is 0.654. The third-order valence-electron chi connectivity index (χ3n) is 5.65. The Labute approximate surface area is 176 Å². The van der Waals surface area contributed by atoms with Crippen LogP contribution in [-0.4, -0.2) is 16.7 Å². The molecule has 4 aromatic rings. The first-order valence-corrected chi connectivity index (χ1v) is 9.88. The number of esters is 1. The average Bonchev–Trinajstić information content (AvgIpc) is 3.41. The zero-order valence-electron chi connectivity index (χ0n) is 16.2. The number of ketones is 1. The first kappa shape index (κ1) is 17.7. The summed E-state index contributed by atoms with van der Waals surface area (Å²) in [7, 11) is 0. The normalized spacial score (nSPS) is 18.6. The van der Waals surface area contributed by atoms with Crippen LogP contribution in [0.1, 0.15) is 39.6 Å². The zero-order valence-corrected chi connectivity index (χ0v) is 16.2. The van der Waals surface area contributed by atoms with Crippen LogP contribution < -0.4 is 9.47 Å². The molecule has 0 fully saturated rings. The van der Waals surface area contributed by atoms with Crippen molar-refractivity contribution in [2.24, 2.45) is 0 Å². The number of fused-ring (bicyclic) bond motifs is 4. The number of allylic oxidation sites excluding steroid dienone is 1. The molecular formula is C25H15NO5. The number of carbonyl (C=O) groups is 2. The van der Waals surface area contributed by atoms with Gasteiger partial charge in [-0.05, 0) is 42.0 Å². The van der Waals surface area contributed by atoms with Gasteiger partial charge < -0.3 is 13.9 Å². The molecule has 6 rings (SSSR count). The number of hydrogen-bond acceptors (Lipinski definition) is 6. The number of benzene rings is 2. The minimum Gasteiger partial charge on any atom is -0.465 e. The lowest BCUT2D eigenvalue weighted by Gasteiger charge is -2.27. The monoisotopic (exact) mass is 409 g/mol. The Kier molecular flexibility index (Phi) is 3.80. The highest BCUT2D eigenvalue weighted by atomic mass is 16.5. The van der Waals surface area contributed by atoms with Crippen LogP contribution in [0.2, 0.25) is 0 Å². The SMILES string of the molecule is O=C1C[C@H](c2ccnc3ccccc23)c2c(ccc3c2O/C(=C\c2ccco2)C3=O)O1. The Morgan fingerprint density at radius 1 is 0.968 bits per heavy atom. The number of hydrogen-bond donors (Lipinski definition) is 0. The highest BCUT2D eigenvalue weighted by Crippen LogP contribution is 2.49. The molecule has 0 N–H and O–H groups in total. The first-order chi connectivity index (χ1) is 15.2. The molecule has 2 aliphatic heterocycles. The number of furan rings is 1. The van der Waals surface area contributed by atoms with E-state index in [0.29, 0.717) is 28.4 Å². The van der Waals surface area contributed by atoms with Gasteiger partial charge in [-0.3, -0.25) is 14.6 Å². The van der Waals surface area contributed by atoms with Gasteiger partial charge in [0.05, 0.1) is 23.8 Å². The van der Waals surface area contributed by atoms with Crippen molar-refractivity contribution in [2.45, 2.75) is 12.3 Å². The third kappa shape index (κ3) is 2.76. The summed E-state index contributed by atoms with van der Waals surface area (Å²) >= 11 is 0. The van der Waals surface area contributed by atoms with Gasteiger partial charge in [0.25, 0.3) is 0 Å². The molecule has 2 aliphatic rings. The maximum atomic E-state index is 13.0. The van der Waals surface area contributed by atoms with E-state index in [0.717, 1.165) is 16.5 Å². The second kappa shape index (κ2) is 6.67. The maximum Gasteiger partial charge on any atom is 0.312 e. The van der Waals surface area contributed by atoms with Crippen molar-refractivity contribution in [3.63, 3.8) is 0 Å². The predicted molar refractivity (Wildman–Crippen MR) is 112 cm³/mol. The van der Waals surface area contributed by atoms with Crippen LogP contribution >= 0.6 is 0 Å². The largest absolute Gasteiger partial charge is 0.465 e. The van der Waals surface area contributed by atoms with Crippen molar-refractivity contribution in [1.29, 1.82) is 0 Å². The number of pyridine rings is 1. The second-order valence-corrected chi connectivity index (χ2v) is 7.46. The molecule has 0 amide bonds. The molecule has 0 aliphatic carbocycles. The summed E-state index contributed by atoms with van der Waals surface area (Å²) in [5.41, 5.74) is 2.92. The van der Waals surface area contributed by atoms with E-state index >= 15 is 0 Å². The van der Waals surface area contributed by atoms with Crippen molar-refractivity contribution in [1.82, 2.24) is 4.98 Å². The molecule has 150 valence electrons. The van der Waals surface area contributed by atoms with Crippen LogP contribution in [0, 0.1) is 0 Å². The number of carbonyl (C=O) groups excluding carboxylic acids is 2. The molecule has 1 atom stereocenters. The summed E-state index contributed by atoms with van der Waals surface area (Å²) in [4.78, 5) is 29.8. The van der Waals surface area contributed by atoms with Gasteiger partial charge >= 0.3 is 5.97 Å². The summed E-state index contributed by atoms with van der Waals surface area (Å²) in [6, 6.07) is 16.5. The number of para-hydroxylation sites is 1. The molecular weight excluding hydrogens is 394 g/mol. The molecule has 0 saturated heterocycles. The van der Waals surface area contributed by atoms with Crippen molar-refractivity contribution in [3.05, 3.63) is 95.3 Å². The minimum absolute atomic E-state index is 0.145. The smallest absolute Gasteiger partial charge is 0.312 e. The van der Waals surface area contributed by atoms with Crippen molar-refractivity contribution in [2.75, 3.05) is 0 Å². The Bertz CT molecular complexity index is 1400. The molecule has 31 heavy (non-hydrogen) atoms. The maximum absolute atomic E-state index is 13.0. The Hall–Kier alpha value is -4.19. The quantitative estimate of drug-likeness (QED) is 0.267. The summed E-state index contributed by atoms with van der Waals surface area (Å²) in [6.45, 7) is 0. The van der Waals surface area contributed by atoms with Crippen molar-refractivity contribution >= 4 is 28.7 Å². The molecule has 0 radical (unpaired) electrons. The molecule has 4 heterocycles. The van der Waals surface area contributed by atoms with Gasteiger partial charge in [-0.2, -0.15) is 0 Å². The van der Waals surface area contributed by atoms with Gasteiger partial charge in [0.1, 0.15) is 17.3 Å². The summed E-state index contributed by atoms with van der Waals surface area (Å²) in [5, 5.41) is 0.948. The summed E-state index contributed by atoms with van der Waals surface area (Å²) < 4.78 is 16.9. The standard InChI is InChI=1S/C25H15NO5/c27-22-13-18(15-9-10-26-19-6-2-1-5-16(15)19)23-20(30-22)8-7-17-24(28)21(31-25(17)23)12-14-4-3-11-29-14/h1-12,18H,13H2/b21-12-/t18-/m1/s1. The number of ether oxygens (including phenoxy) is 2. The van der Waals surface area contributed by atoms with Crippen LogP contribution in [0.4, 0.5) is 0 Å². The summed E-state index contributed by atoms with van der Waals surface area (Å²) in [6.07, 6.45) is 4.98. The number of aromatic nitrogens is 1. The van der Waals surface area contributed by atoms with E-state index in [1.807, 2.05) is 30.3 Å². The van der Waals surface area contributed by atoms with E-state index in [1.54, 1.807) is 36.5 Å². The van der Waals surface area contributed by atoms with Crippen molar-refractivity contribution in [3.8, 4) is 11.5 Å². The van der Waals surface area contributed by atoms with Crippen LogP contribution in [0.5, 0.6) is 11.5 Å². The zero-order chi connectivity index (χ0) is 20.9. The Balaban J connectivity index is 1.54. The van der Waals surface area contributed by atoms with Crippen LogP contribution in [0.3, 0.4) is 0 Å². The van der Waals surface area contributed by atoms with Crippen molar-refractivity contribution < 1.29 is 23.5 Å². The van der Waals surface area contributed by atoms with Gasteiger partial charge in [-0.1, -0.05) is 18.2 Å². The Morgan fingerprint density at radius 2 is 1.87 bits per heavy atom. The fraction of sp³-hybridized carbons (Fsp3) is 0.0800. The second-order valence-electron chi connectivity index (χ2n) is 7.46. The minimum atomic E-state index is -0.325. The molecule has 0 spiro atoms. The number of nitrogens with zero attached hydrogens (tertiary/aromatic N) is 1. The lowest BCUT2D eigenvalue weighted by Crippen LogP contribution is -2.21. The van der Waals surface area contributed by atoms with Gasteiger partial charge in [0.15, 0.2) is 5.76 Å². The van der Waals surface area contributed by atoms with E-state index in [2.05, 4.69) is 4.98 Å². The number of Topliss-reactive ketones (excluding diaryl/α,β-unsaturated/α-hetero) is 1. The fourth-order valence-corrected chi connectivity index (χ4v) is 4.30. The molecule has 6 heteroatoms. The predicted octanol–water partition coefficient (Wildman–Crippen LogP) is 4.89. The fourth-order valence-electron chi connectivity index (χ4n) is 4.30. The molecule has 2 aromatic heterocycles. The van der Waals surface area contributed by atoms with E-state index in [4.69, 9.17) is 13.9 Å². The lowest BCUT2D eigenvalue weighted by atomic mass is 9.83. The highest BCUT2D eigenvalue weighted by Gasteiger charge is 2.39. The third-order valence-corrected chi connectivity index (χ3v) is 5.65. The van der Waals surface area contributed by atoms with E-state index < -0.39 is 0 Å². The number of rotatable bonds is 2. The average molecular weight is 409 g/mol. The van der Waals surface area contributed by atoms with Crippen LogP contribution in [-0.2, 0) is 4.79 Å². The van der Waals surface area contributed by atoms with Gasteiger partial charge in [0, 0.05) is 29.1 Å². The molecule has 2 aromatic carbocycles. The van der Waals surface area contributed by atoms with E-state index in [-0.39, 0.29) is 29.9 Å². The molecule has 0 saturated carbocycles. The first-order valence-electron chi connectivity index (χ1n) is 9.88. The van der Waals surface area contributed by atoms with Crippen LogP contribution in [0.15, 0.2) is 77.2 Å². The van der Waals surface area contributed by atoms with Gasteiger partial charge in [-0.25, -0.2) is 0 Å². The topological polar surface area (TPSA) is 78.6 Å². The van der Waals surface area contributed by atoms with Gasteiger partial charge in [0.2, 0.25) is 5.78 Å². The van der Waals surface area contributed by atoms with E-state index in [9.17, 15) is 9.59 Å². The van der Waals surface area contributed by atoms with Crippen LogP contribution in [0.25, 0.3) is 17.0 Å². The molecule has 6 nitrogen and oxygen atoms in total. The molecule has 0 unspecified atom stereocenters.